The van der Waals surface area contributed by atoms with Gasteiger partial charge < -0.3 is 5.32 Å². The van der Waals surface area contributed by atoms with Crippen LogP contribution in [-0.4, -0.2) is 7.05 Å². The molecule has 0 aliphatic rings. The van der Waals surface area contributed by atoms with Gasteiger partial charge in [0.05, 0.1) is 6.04 Å². The first-order chi connectivity index (χ1) is 8.77. The molecule has 0 saturated heterocycles. The largest absolute Gasteiger partial charge is 0.309 e. The van der Waals surface area contributed by atoms with Crippen LogP contribution >= 0.6 is 0 Å². The lowest BCUT2D eigenvalue weighted by molar-refractivity contribution is 0.680. The molecule has 0 spiro atoms. The van der Waals surface area contributed by atoms with Gasteiger partial charge >= 0.3 is 0 Å². The van der Waals surface area contributed by atoms with Gasteiger partial charge in [0.2, 0.25) is 0 Å². The van der Waals surface area contributed by atoms with Crippen LogP contribution in [0.2, 0.25) is 0 Å². The van der Waals surface area contributed by atoms with Crippen LogP contribution in [-0.2, 0) is 6.42 Å². The van der Waals surface area contributed by atoms with E-state index in [1.807, 2.05) is 7.05 Å². The predicted octanol–water partition coefficient (Wildman–Crippen LogP) is 3.87. The fourth-order valence-electron chi connectivity index (χ4n) is 2.53. The van der Waals surface area contributed by atoms with E-state index < -0.39 is 0 Å². The molecule has 0 bridgehead atoms. The smallest absolute Gasteiger partial charge is 0.0579 e. The summed E-state index contributed by atoms with van der Waals surface area (Å²) in [4.78, 5) is 0. The molecule has 2 aromatic rings. The van der Waals surface area contributed by atoms with Crippen LogP contribution in [0.4, 0.5) is 0 Å². The van der Waals surface area contributed by atoms with Crippen molar-refractivity contribution in [1.29, 1.82) is 0 Å². The first-order valence-electron chi connectivity index (χ1n) is 6.58. The fraction of sp³-hybridized carbons (Fsp3) is 0.294. The molecule has 0 aromatic heterocycles. The average molecular weight is 239 g/mol. The molecule has 0 amide bonds. The second-order valence-corrected chi connectivity index (χ2v) is 4.63. The molecule has 2 rings (SSSR count). The fourth-order valence-corrected chi connectivity index (χ4v) is 2.53. The average Bonchev–Trinajstić information content (AvgIpc) is 2.42. The Morgan fingerprint density at radius 3 is 2.17 bits per heavy atom. The van der Waals surface area contributed by atoms with E-state index in [2.05, 4.69) is 67.7 Å². The Kier molecular flexibility index (Phi) is 4.16. The Morgan fingerprint density at radius 2 is 1.56 bits per heavy atom. The Labute approximate surface area is 110 Å². The quantitative estimate of drug-likeness (QED) is 0.854. The standard InChI is InChI=1S/C17H21N/c1-4-14-10-6-8-12-16(14)17(18-3)15-11-7-5-9-13(15)2/h5-12,17-18H,4H2,1-3H3. The molecule has 94 valence electrons. The number of rotatable bonds is 4. The normalized spacial score (nSPS) is 12.4. The zero-order chi connectivity index (χ0) is 13.0. The van der Waals surface area contributed by atoms with Crippen LogP contribution in [0.5, 0.6) is 0 Å². The summed E-state index contributed by atoms with van der Waals surface area (Å²) in [6.07, 6.45) is 1.07. The van der Waals surface area contributed by atoms with Crippen molar-refractivity contribution < 1.29 is 0 Å². The highest BCUT2D eigenvalue weighted by Crippen LogP contribution is 2.27. The lowest BCUT2D eigenvalue weighted by Gasteiger charge is -2.22. The van der Waals surface area contributed by atoms with Gasteiger partial charge in [0.25, 0.3) is 0 Å². The monoisotopic (exact) mass is 239 g/mol. The van der Waals surface area contributed by atoms with Crippen molar-refractivity contribution in [3.63, 3.8) is 0 Å². The highest BCUT2D eigenvalue weighted by molar-refractivity contribution is 5.40. The number of hydrogen-bond donors (Lipinski definition) is 1. The Bertz CT molecular complexity index is 517. The molecule has 1 unspecified atom stereocenters. The third-order valence-corrected chi connectivity index (χ3v) is 3.54. The van der Waals surface area contributed by atoms with Crippen molar-refractivity contribution >= 4 is 0 Å². The van der Waals surface area contributed by atoms with Gasteiger partial charge in [-0.05, 0) is 42.6 Å². The van der Waals surface area contributed by atoms with Crippen molar-refractivity contribution in [2.75, 3.05) is 7.05 Å². The summed E-state index contributed by atoms with van der Waals surface area (Å²) in [5, 5.41) is 3.45. The van der Waals surface area contributed by atoms with E-state index in [4.69, 9.17) is 0 Å². The van der Waals surface area contributed by atoms with Gasteiger partial charge in [-0.15, -0.1) is 0 Å². The van der Waals surface area contributed by atoms with Gasteiger partial charge in [-0.25, -0.2) is 0 Å². The second-order valence-electron chi connectivity index (χ2n) is 4.63. The number of nitrogens with one attached hydrogen (secondary N) is 1. The molecule has 0 aliphatic carbocycles. The summed E-state index contributed by atoms with van der Waals surface area (Å²) >= 11 is 0. The molecule has 1 N–H and O–H groups in total. The number of hydrogen-bond acceptors (Lipinski definition) is 1. The van der Waals surface area contributed by atoms with Gasteiger partial charge in [0, 0.05) is 0 Å². The summed E-state index contributed by atoms with van der Waals surface area (Å²) in [6.45, 7) is 4.39. The maximum Gasteiger partial charge on any atom is 0.0579 e. The highest BCUT2D eigenvalue weighted by atomic mass is 14.9. The van der Waals surface area contributed by atoms with E-state index in [0.717, 1.165) is 6.42 Å². The van der Waals surface area contributed by atoms with Crippen LogP contribution in [0.15, 0.2) is 48.5 Å². The zero-order valence-electron chi connectivity index (χ0n) is 11.4. The third kappa shape index (κ3) is 2.46. The molecule has 0 radical (unpaired) electrons. The van der Waals surface area contributed by atoms with Gasteiger partial charge in [-0.1, -0.05) is 55.5 Å². The number of aryl methyl sites for hydroxylation is 2. The first-order valence-corrected chi connectivity index (χ1v) is 6.58. The first kappa shape index (κ1) is 12.8. The summed E-state index contributed by atoms with van der Waals surface area (Å²) in [6, 6.07) is 17.6. The predicted molar refractivity (Wildman–Crippen MR) is 77.9 cm³/mol. The highest BCUT2D eigenvalue weighted by Gasteiger charge is 2.15. The summed E-state index contributed by atoms with van der Waals surface area (Å²) in [5.41, 5.74) is 5.50. The Balaban J connectivity index is 2.49. The van der Waals surface area contributed by atoms with E-state index in [1.165, 1.54) is 22.3 Å². The minimum Gasteiger partial charge on any atom is -0.309 e. The molecule has 18 heavy (non-hydrogen) atoms. The molecule has 0 saturated carbocycles. The van der Waals surface area contributed by atoms with Crippen molar-refractivity contribution in [3.8, 4) is 0 Å². The molecule has 0 aliphatic heterocycles. The maximum atomic E-state index is 3.45. The molecule has 0 fully saturated rings. The van der Waals surface area contributed by atoms with Gasteiger partial charge in [0.15, 0.2) is 0 Å². The van der Waals surface area contributed by atoms with E-state index in [0.29, 0.717) is 0 Å². The van der Waals surface area contributed by atoms with Crippen molar-refractivity contribution in [1.82, 2.24) is 5.32 Å². The van der Waals surface area contributed by atoms with Crippen LogP contribution < -0.4 is 5.32 Å². The summed E-state index contributed by atoms with van der Waals surface area (Å²) in [5.74, 6) is 0. The maximum absolute atomic E-state index is 3.45. The van der Waals surface area contributed by atoms with Crippen molar-refractivity contribution in [2.24, 2.45) is 0 Å². The van der Waals surface area contributed by atoms with E-state index >= 15 is 0 Å². The molecular formula is C17H21N. The SMILES string of the molecule is CCc1ccccc1C(NC)c1ccccc1C. The minimum absolute atomic E-state index is 0.280. The minimum atomic E-state index is 0.280. The number of benzene rings is 2. The molecular weight excluding hydrogens is 218 g/mol. The summed E-state index contributed by atoms with van der Waals surface area (Å²) < 4.78 is 0. The van der Waals surface area contributed by atoms with E-state index in [9.17, 15) is 0 Å². The van der Waals surface area contributed by atoms with Gasteiger partial charge in [0.1, 0.15) is 0 Å². The van der Waals surface area contributed by atoms with Crippen LogP contribution in [0.3, 0.4) is 0 Å². The van der Waals surface area contributed by atoms with E-state index in [-0.39, 0.29) is 6.04 Å². The molecule has 2 aromatic carbocycles. The lowest BCUT2D eigenvalue weighted by Crippen LogP contribution is -2.20. The second kappa shape index (κ2) is 5.83. The molecule has 1 nitrogen and oxygen atoms in total. The molecule has 0 heterocycles. The zero-order valence-corrected chi connectivity index (χ0v) is 11.4. The van der Waals surface area contributed by atoms with Crippen LogP contribution in [0.1, 0.15) is 35.2 Å². The van der Waals surface area contributed by atoms with Crippen LogP contribution in [0, 0.1) is 6.92 Å². The van der Waals surface area contributed by atoms with Gasteiger partial charge in [-0.2, -0.15) is 0 Å². The molecule has 1 atom stereocenters. The van der Waals surface area contributed by atoms with E-state index in [1.54, 1.807) is 0 Å². The lowest BCUT2D eigenvalue weighted by atomic mass is 9.91. The van der Waals surface area contributed by atoms with Crippen LogP contribution in [0.25, 0.3) is 0 Å². The topological polar surface area (TPSA) is 12.0 Å². The Hall–Kier alpha value is -1.60. The Morgan fingerprint density at radius 1 is 0.944 bits per heavy atom. The van der Waals surface area contributed by atoms with Gasteiger partial charge in [-0.3, -0.25) is 0 Å². The molecule has 1 heteroatoms. The van der Waals surface area contributed by atoms with Crippen molar-refractivity contribution in [2.45, 2.75) is 26.3 Å². The third-order valence-electron chi connectivity index (χ3n) is 3.54. The van der Waals surface area contributed by atoms with Crippen molar-refractivity contribution in [3.05, 3.63) is 70.8 Å². The summed E-state index contributed by atoms with van der Waals surface area (Å²) in [7, 11) is 2.03.